The molecule has 1 aromatic carbocycles. The smallest absolute Gasteiger partial charge is 0.145 e. The summed E-state index contributed by atoms with van der Waals surface area (Å²) in [7, 11) is 0. The fourth-order valence-corrected chi connectivity index (χ4v) is 2.05. The van der Waals surface area contributed by atoms with Gasteiger partial charge in [0.1, 0.15) is 6.10 Å². The molecule has 1 aromatic rings. The normalized spacial score (nSPS) is 19.9. The first-order chi connectivity index (χ1) is 8.66. The molecule has 0 aliphatic heterocycles. The predicted molar refractivity (Wildman–Crippen MR) is 75.7 cm³/mol. The fraction of sp³-hybridized carbons (Fsp3) is 0.400. The zero-order chi connectivity index (χ0) is 13.0. The number of aryl methyl sites for hydroxylation is 1. The van der Waals surface area contributed by atoms with Crippen molar-refractivity contribution in [3.8, 4) is 0 Å². The Balaban J connectivity index is 2.09. The minimum absolute atomic E-state index is 0.111. The lowest BCUT2D eigenvalue weighted by Gasteiger charge is -2.15. The molecule has 2 rings (SSSR count). The molecule has 96 valence electrons. The van der Waals surface area contributed by atoms with Gasteiger partial charge in [0, 0.05) is 11.3 Å². The lowest BCUT2D eigenvalue weighted by atomic mass is 10.1. The van der Waals surface area contributed by atoms with E-state index in [9.17, 15) is 0 Å². The number of rotatable bonds is 3. The lowest BCUT2D eigenvalue weighted by Crippen LogP contribution is -2.11. The maximum atomic E-state index is 5.95. The highest BCUT2D eigenvalue weighted by Gasteiger charge is 2.10. The molecule has 2 N–H and O–H groups in total. The monoisotopic (exact) mass is 244 g/mol. The Labute approximate surface area is 108 Å². The third-order valence-electron chi connectivity index (χ3n) is 3.13. The first-order valence-electron chi connectivity index (χ1n) is 6.40. The van der Waals surface area contributed by atoms with Crippen LogP contribution in [0.15, 0.2) is 35.5 Å². The second-order valence-corrected chi connectivity index (χ2v) is 4.77. The van der Waals surface area contributed by atoms with Gasteiger partial charge < -0.3 is 10.6 Å². The average molecular weight is 244 g/mol. The third-order valence-corrected chi connectivity index (χ3v) is 3.13. The molecule has 0 saturated carbocycles. The summed E-state index contributed by atoms with van der Waals surface area (Å²) in [5.41, 5.74) is 9.64. The van der Waals surface area contributed by atoms with Crippen LogP contribution in [0.5, 0.6) is 0 Å². The Kier molecular flexibility index (Phi) is 4.03. The summed E-state index contributed by atoms with van der Waals surface area (Å²) >= 11 is 0. The van der Waals surface area contributed by atoms with E-state index < -0.39 is 0 Å². The molecule has 0 fully saturated rings. The highest BCUT2D eigenvalue weighted by atomic mass is 16.6. The van der Waals surface area contributed by atoms with Crippen LogP contribution in [0, 0.1) is 6.92 Å². The molecule has 1 aliphatic carbocycles. The number of hydrogen-bond acceptors (Lipinski definition) is 3. The molecule has 0 bridgehead atoms. The maximum Gasteiger partial charge on any atom is 0.145 e. The first-order valence-corrected chi connectivity index (χ1v) is 6.40. The Bertz CT molecular complexity index is 477. The molecular weight excluding hydrogens is 224 g/mol. The van der Waals surface area contributed by atoms with Gasteiger partial charge in [-0.1, -0.05) is 22.9 Å². The number of benzene rings is 1. The van der Waals surface area contributed by atoms with Crippen molar-refractivity contribution in [2.45, 2.75) is 39.2 Å². The first kappa shape index (κ1) is 12.7. The van der Waals surface area contributed by atoms with Crippen molar-refractivity contribution in [1.29, 1.82) is 0 Å². The van der Waals surface area contributed by atoms with Crippen molar-refractivity contribution in [3.63, 3.8) is 0 Å². The SMILES string of the molecule is C/C(=N\OC1C=CCCC1)c1cc(C)ccc1N. The molecule has 0 amide bonds. The molecule has 18 heavy (non-hydrogen) atoms. The van der Waals surface area contributed by atoms with Crippen LogP contribution in [-0.2, 0) is 4.84 Å². The van der Waals surface area contributed by atoms with Gasteiger partial charge >= 0.3 is 0 Å². The van der Waals surface area contributed by atoms with E-state index in [1.165, 1.54) is 12.0 Å². The average Bonchev–Trinajstić information content (AvgIpc) is 2.40. The van der Waals surface area contributed by atoms with Gasteiger partial charge in [-0.05, 0) is 51.3 Å². The summed E-state index contributed by atoms with van der Waals surface area (Å²) < 4.78 is 0. The van der Waals surface area contributed by atoms with Crippen molar-refractivity contribution in [2.24, 2.45) is 5.16 Å². The molecule has 1 aliphatic rings. The van der Waals surface area contributed by atoms with E-state index in [1.54, 1.807) is 0 Å². The highest BCUT2D eigenvalue weighted by Crippen LogP contribution is 2.17. The van der Waals surface area contributed by atoms with Crippen LogP contribution in [0.3, 0.4) is 0 Å². The molecule has 0 radical (unpaired) electrons. The second-order valence-electron chi connectivity index (χ2n) is 4.77. The van der Waals surface area contributed by atoms with Crippen LogP contribution < -0.4 is 5.73 Å². The number of nitrogens with two attached hydrogens (primary N) is 1. The van der Waals surface area contributed by atoms with Gasteiger partial charge in [-0.3, -0.25) is 0 Å². The number of hydrogen-bond donors (Lipinski definition) is 1. The number of nitrogen functional groups attached to an aromatic ring is 1. The van der Waals surface area contributed by atoms with E-state index in [1.807, 2.05) is 32.0 Å². The summed E-state index contributed by atoms with van der Waals surface area (Å²) in [6.07, 6.45) is 7.70. The Morgan fingerprint density at radius 2 is 2.28 bits per heavy atom. The standard InChI is InChI=1S/C15H20N2O/c1-11-8-9-15(16)14(10-11)12(2)17-18-13-6-4-3-5-7-13/h4,6,8-10,13H,3,5,7,16H2,1-2H3/b17-12+. The van der Waals surface area contributed by atoms with Crippen molar-refractivity contribution >= 4 is 11.4 Å². The minimum Gasteiger partial charge on any atom is -0.398 e. The van der Waals surface area contributed by atoms with Crippen LogP contribution in [0.1, 0.15) is 37.3 Å². The summed E-state index contributed by atoms with van der Waals surface area (Å²) in [6.45, 7) is 3.97. The molecule has 1 atom stereocenters. The summed E-state index contributed by atoms with van der Waals surface area (Å²) in [4.78, 5) is 5.54. The molecule has 0 heterocycles. The van der Waals surface area contributed by atoms with Crippen molar-refractivity contribution < 1.29 is 4.84 Å². The molecule has 3 heteroatoms. The topological polar surface area (TPSA) is 47.6 Å². The van der Waals surface area contributed by atoms with Crippen LogP contribution in [0.25, 0.3) is 0 Å². The van der Waals surface area contributed by atoms with Crippen LogP contribution in [-0.4, -0.2) is 11.8 Å². The highest BCUT2D eigenvalue weighted by molar-refractivity contribution is 6.02. The Morgan fingerprint density at radius 1 is 1.44 bits per heavy atom. The Morgan fingerprint density at radius 3 is 3.00 bits per heavy atom. The van der Waals surface area contributed by atoms with Crippen molar-refractivity contribution in [3.05, 3.63) is 41.5 Å². The number of nitrogens with zero attached hydrogens (tertiary/aromatic N) is 1. The van der Waals surface area contributed by atoms with E-state index in [4.69, 9.17) is 10.6 Å². The number of allylic oxidation sites excluding steroid dienone is 1. The van der Waals surface area contributed by atoms with E-state index in [0.29, 0.717) is 0 Å². The van der Waals surface area contributed by atoms with E-state index in [0.717, 1.165) is 29.8 Å². The maximum absolute atomic E-state index is 5.95. The largest absolute Gasteiger partial charge is 0.398 e. The van der Waals surface area contributed by atoms with Gasteiger partial charge in [-0.2, -0.15) is 0 Å². The quantitative estimate of drug-likeness (QED) is 0.383. The van der Waals surface area contributed by atoms with Crippen LogP contribution in [0.4, 0.5) is 5.69 Å². The molecule has 1 unspecified atom stereocenters. The Hall–Kier alpha value is -1.77. The van der Waals surface area contributed by atoms with Crippen LogP contribution >= 0.6 is 0 Å². The lowest BCUT2D eigenvalue weighted by molar-refractivity contribution is 0.0821. The minimum atomic E-state index is 0.111. The summed E-state index contributed by atoms with van der Waals surface area (Å²) in [6, 6.07) is 5.94. The molecule has 0 spiro atoms. The zero-order valence-electron chi connectivity index (χ0n) is 11.0. The van der Waals surface area contributed by atoms with Crippen LogP contribution in [0.2, 0.25) is 0 Å². The van der Waals surface area contributed by atoms with Gasteiger partial charge in [0.05, 0.1) is 5.71 Å². The van der Waals surface area contributed by atoms with E-state index in [2.05, 4.69) is 17.3 Å². The van der Waals surface area contributed by atoms with Gasteiger partial charge in [0.2, 0.25) is 0 Å². The van der Waals surface area contributed by atoms with E-state index >= 15 is 0 Å². The van der Waals surface area contributed by atoms with Crippen molar-refractivity contribution in [1.82, 2.24) is 0 Å². The fourth-order valence-electron chi connectivity index (χ4n) is 2.05. The second kappa shape index (κ2) is 5.71. The predicted octanol–water partition coefficient (Wildman–Crippen LogP) is 3.43. The summed E-state index contributed by atoms with van der Waals surface area (Å²) in [5.74, 6) is 0. The number of anilines is 1. The third kappa shape index (κ3) is 3.13. The van der Waals surface area contributed by atoms with Gasteiger partial charge in [-0.15, -0.1) is 0 Å². The number of oxime groups is 1. The van der Waals surface area contributed by atoms with Gasteiger partial charge in [0.25, 0.3) is 0 Å². The molecular formula is C15H20N2O. The van der Waals surface area contributed by atoms with Gasteiger partial charge in [0.15, 0.2) is 0 Å². The van der Waals surface area contributed by atoms with Gasteiger partial charge in [-0.25, -0.2) is 0 Å². The van der Waals surface area contributed by atoms with Crippen molar-refractivity contribution in [2.75, 3.05) is 5.73 Å². The summed E-state index contributed by atoms with van der Waals surface area (Å²) in [5, 5.41) is 4.21. The molecule has 0 aromatic heterocycles. The molecule has 0 saturated heterocycles. The van der Waals surface area contributed by atoms with E-state index in [-0.39, 0.29) is 6.10 Å². The zero-order valence-corrected chi connectivity index (χ0v) is 11.0. The molecule has 3 nitrogen and oxygen atoms in total.